The van der Waals surface area contributed by atoms with Crippen molar-refractivity contribution in [3.05, 3.63) is 33.8 Å². The number of nitrogens with one attached hydrogen (secondary N) is 1. The Morgan fingerprint density at radius 1 is 1.47 bits per heavy atom. The van der Waals surface area contributed by atoms with Gasteiger partial charge in [-0.3, -0.25) is 4.79 Å². The second-order valence-electron chi connectivity index (χ2n) is 5.54. The topological polar surface area (TPSA) is 32.3 Å². The highest BCUT2D eigenvalue weighted by molar-refractivity contribution is 9.10. The quantitative estimate of drug-likeness (QED) is 0.907. The average molecular weight is 325 g/mol. The molecule has 19 heavy (non-hydrogen) atoms. The summed E-state index contributed by atoms with van der Waals surface area (Å²) < 4.78 is 0.896. The minimum absolute atomic E-state index is 0.0250. The van der Waals surface area contributed by atoms with Gasteiger partial charge in [0.15, 0.2) is 0 Å². The number of carbonyl (C=O) groups is 1. The molecule has 1 aromatic rings. The van der Waals surface area contributed by atoms with Crippen LogP contribution in [0.25, 0.3) is 0 Å². The van der Waals surface area contributed by atoms with Crippen LogP contribution in [-0.4, -0.2) is 37.0 Å². The SMILES string of the molecule is Cc1cccc(C(=O)NC2CCN(C)CC2C)c1Br. The van der Waals surface area contributed by atoms with Gasteiger partial charge in [0.2, 0.25) is 0 Å². The van der Waals surface area contributed by atoms with Crippen LogP contribution in [0.1, 0.15) is 29.3 Å². The molecule has 1 aromatic carbocycles. The summed E-state index contributed by atoms with van der Waals surface area (Å²) in [6, 6.07) is 6.06. The van der Waals surface area contributed by atoms with Crippen LogP contribution in [-0.2, 0) is 0 Å². The zero-order chi connectivity index (χ0) is 14.0. The van der Waals surface area contributed by atoms with Crippen molar-refractivity contribution in [3.63, 3.8) is 0 Å². The summed E-state index contributed by atoms with van der Waals surface area (Å²) in [6.45, 7) is 6.29. The lowest BCUT2D eigenvalue weighted by atomic mass is 9.94. The lowest BCUT2D eigenvalue weighted by molar-refractivity contribution is 0.0883. The largest absolute Gasteiger partial charge is 0.349 e. The van der Waals surface area contributed by atoms with Gasteiger partial charge < -0.3 is 10.2 Å². The highest BCUT2D eigenvalue weighted by Gasteiger charge is 2.26. The van der Waals surface area contributed by atoms with E-state index in [1.54, 1.807) is 0 Å². The summed E-state index contributed by atoms with van der Waals surface area (Å²) in [5, 5.41) is 3.18. The Kier molecular flexibility index (Phi) is 4.63. The lowest BCUT2D eigenvalue weighted by Crippen LogP contribution is -2.48. The van der Waals surface area contributed by atoms with Gasteiger partial charge in [-0.25, -0.2) is 0 Å². The first-order valence-electron chi connectivity index (χ1n) is 6.73. The number of hydrogen-bond acceptors (Lipinski definition) is 2. The van der Waals surface area contributed by atoms with Crippen molar-refractivity contribution >= 4 is 21.8 Å². The molecule has 1 fully saturated rings. The number of carbonyl (C=O) groups excluding carboxylic acids is 1. The molecule has 0 saturated carbocycles. The fourth-order valence-corrected chi connectivity index (χ4v) is 3.08. The van der Waals surface area contributed by atoms with Crippen molar-refractivity contribution < 1.29 is 4.79 Å². The summed E-state index contributed by atoms with van der Waals surface area (Å²) in [6.07, 6.45) is 1.02. The summed E-state index contributed by atoms with van der Waals surface area (Å²) in [5.74, 6) is 0.517. The smallest absolute Gasteiger partial charge is 0.252 e. The fourth-order valence-electron chi connectivity index (χ4n) is 2.64. The third-order valence-electron chi connectivity index (χ3n) is 3.86. The van der Waals surface area contributed by atoms with Gasteiger partial charge in [-0.1, -0.05) is 19.1 Å². The summed E-state index contributed by atoms with van der Waals surface area (Å²) in [7, 11) is 2.13. The number of hydrogen-bond donors (Lipinski definition) is 1. The number of nitrogens with zero attached hydrogens (tertiary/aromatic N) is 1. The summed E-state index contributed by atoms with van der Waals surface area (Å²) in [4.78, 5) is 14.7. The van der Waals surface area contributed by atoms with Crippen molar-refractivity contribution in [3.8, 4) is 0 Å². The maximum Gasteiger partial charge on any atom is 0.252 e. The number of likely N-dealkylation sites (tertiary alicyclic amines) is 1. The summed E-state index contributed by atoms with van der Waals surface area (Å²) >= 11 is 3.50. The lowest BCUT2D eigenvalue weighted by Gasteiger charge is -2.35. The van der Waals surface area contributed by atoms with E-state index in [1.807, 2.05) is 25.1 Å². The van der Waals surface area contributed by atoms with E-state index in [0.717, 1.165) is 35.1 Å². The maximum absolute atomic E-state index is 12.4. The Morgan fingerprint density at radius 3 is 2.89 bits per heavy atom. The molecule has 104 valence electrons. The maximum atomic E-state index is 12.4. The molecule has 1 aliphatic rings. The van der Waals surface area contributed by atoms with Crippen molar-refractivity contribution in [2.24, 2.45) is 5.92 Å². The second-order valence-corrected chi connectivity index (χ2v) is 6.34. The molecule has 3 nitrogen and oxygen atoms in total. The van der Waals surface area contributed by atoms with Gasteiger partial charge >= 0.3 is 0 Å². The molecule has 1 amide bonds. The van der Waals surface area contributed by atoms with Crippen molar-refractivity contribution in [2.45, 2.75) is 26.3 Å². The second kappa shape index (κ2) is 6.06. The van der Waals surface area contributed by atoms with Crippen LogP contribution in [0.15, 0.2) is 22.7 Å². The predicted molar refractivity (Wildman–Crippen MR) is 81.4 cm³/mol. The molecule has 1 N–H and O–H groups in total. The normalized spacial score (nSPS) is 24.2. The highest BCUT2D eigenvalue weighted by atomic mass is 79.9. The van der Waals surface area contributed by atoms with Gasteiger partial charge in [0.05, 0.1) is 5.56 Å². The van der Waals surface area contributed by atoms with E-state index < -0.39 is 0 Å². The molecule has 1 aliphatic heterocycles. The standard InChI is InChI=1S/C15H21BrN2O/c1-10-5-4-6-12(14(10)16)15(19)17-13-7-8-18(3)9-11(13)2/h4-6,11,13H,7-9H2,1-3H3,(H,17,19). The molecule has 2 rings (SSSR count). The number of halogens is 1. The van der Waals surface area contributed by atoms with E-state index in [0.29, 0.717) is 5.92 Å². The number of amides is 1. The van der Waals surface area contributed by atoms with Gasteiger partial charge in [-0.15, -0.1) is 0 Å². The van der Waals surface area contributed by atoms with Gasteiger partial charge in [-0.2, -0.15) is 0 Å². The van der Waals surface area contributed by atoms with Crippen molar-refractivity contribution in [2.75, 3.05) is 20.1 Å². The van der Waals surface area contributed by atoms with E-state index in [1.165, 1.54) is 0 Å². The molecule has 0 radical (unpaired) electrons. The first-order valence-corrected chi connectivity index (χ1v) is 7.53. The zero-order valence-electron chi connectivity index (χ0n) is 11.7. The molecular formula is C15H21BrN2O. The first kappa shape index (κ1) is 14.5. The van der Waals surface area contributed by atoms with Gasteiger partial charge in [0.25, 0.3) is 5.91 Å². The Hall–Kier alpha value is -0.870. The van der Waals surface area contributed by atoms with E-state index >= 15 is 0 Å². The Bertz CT molecular complexity index is 475. The van der Waals surface area contributed by atoms with E-state index in [-0.39, 0.29) is 11.9 Å². The molecule has 0 spiro atoms. The van der Waals surface area contributed by atoms with Crippen LogP contribution < -0.4 is 5.32 Å². The van der Waals surface area contributed by atoms with Gasteiger partial charge in [0.1, 0.15) is 0 Å². The average Bonchev–Trinajstić information content (AvgIpc) is 2.36. The summed E-state index contributed by atoms with van der Waals surface area (Å²) in [5.41, 5.74) is 1.82. The van der Waals surface area contributed by atoms with Crippen LogP contribution in [0.2, 0.25) is 0 Å². The number of benzene rings is 1. The van der Waals surface area contributed by atoms with Gasteiger partial charge in [0, 0.05) is 17.1 Å². The Labute approximate surface area is 123 Å². The van der Waals surface area contributed by atoms with Gasteiger partial charge in [-0.05, 0) is 60.4 Å². The predicted octanol–water partition coefficient (Wildman–Crippen LogP) is 2.83. The first-order chi connectivity index (χ1) is 8.99. The number of rotatable bonds is 2. The number of piperidine rings is 1. The highest BCUT2D eigenvalue weighted by Crippen LogP contribution is 2.22. The van der Waals surface area contributed by atoms with Crippen LogP contribution in [0, 0.1) is 12.8 Å². The van der Waals surface area contributed by atoms with Crippen LogP contribution in [0.3, 0.4) is 0 Å². The van der Waals surface area contributed by atoms with E-state index in [2.05, 4.69) is 40.1 Å². The van der Waals surface area contributed by atoms with E-state index in [9.17, 15) is 4.79 Å². The van der Waals surface area contributed by atoms with Crippen LogP contribution >= 0.6 is 15.9 Å². The molecular weight excluding hydrogens is 304 g/mol. The third kappa shape index (κ3) is 3.37. The van der Waals surface area contributed by atoms with Crippen molar-refractivity contribution in [1.82, 2.24) is 10.2 Å². The molecule has 0 bridgehead atoms. The molecule has 2 atom stereocenters. The van der Waals surface area contributed by atoms with Crippen molar-refractivity contribution in [1.29, 1.82) is 0 Å². The van der Waals surface area contributed by atoms with Crippen LogP contribution in [0.4, 0.5) is 0 Å². The minimum atomic E-state index is 0.0250. The molecule has 1 heterocycles. The monoisotopic (exact) mass is 324 g/mol. The minimum Gasteiger partial charge on any atom is -0.349 e. The van der Waals surface area contributed by atoms with E-state index in [4.69, 9.17) is 0 Å². The Balaban J connectivity index is 2.07. The number of aryl methyl sites for hydroxylation is 1. The third-order valence-corrected chi connectivity index (χ3v) is 4.91. The zero-order valence-corrected chi connectivity index (χ0v) is 13.3. The molecule has 2 unspecified atom stereocenters. The van der Waals surface area contributed by atoms with Crippen LogP contribution in [0.5, 0.6) is 0 Å². The molecule has 0 aromatic heterocycles. The fraction of sp³-hybridized carbons (Fsp3) is 0.533. The Morgan fingerprint density at radius 2 is 2.21 bits per heavy atom. The molecule has 4 heteroatoms. The molecule has 0 aliphatic carbocycles. The molecule has 1 saturated heterocycles.